The normalized spacial score (nSPS) is 21.4. The topological polar surface area (TPSA) is 33.4 Å². The van der Waals surface area contributed by atoms with Crippen LogP contribution in [0.25, 0.3) is 4.96 Å². The molecular formula is C15H24N4S. The third kappa shape index (κ3) is 2.68. The predicted octanol–water partition coefficient (Wildman–Crippen LogP) is 3.71. The van der Waals surface area contributed by atoms with Crippen LogP contribution >= 0.6 is 11.3 Å². The summed E-state index contributed by atoms with van der Waals surface area (Å²) in [6.07, 6.45) is 5.97. The van der Waals surface area contributed by atoms with Crippen LogP contribution < -0.4 is 4.90 Å². The van der Waals surface area contributed by atoms with Gasteiger partial charge in [-0.1, -0.05) is 39.0 Å². The summed E-state index contributed by atoms with van der Waals surface area (Å²) in [7, 11) is 0. The van der Waals surface area contributed by atoms with Gasteiger partial charge in [-0.2, -0.15) is 0 Å². The van der Waals surface area contributed by atoms with E-state index in [1.807, 2.05) is 4.52 Å². The molecule has 1 aliphatic rings. The zero-order chi connectivity index (χ0) is 14.3. The first-order valence-electron chi connectivity index (χ1n) is 7.55. The molecule has 0 radical (unpaired) electrons. The van der Waals surface area contributed by atoms with Crippen LogP contribution in [-0.4, -0.2) is 27.7 Å². The van der Waals surface area contributed by atoms with Crippen molar-refractivity contribution >= 4 is 21.4 Å². The molecule has 1 aliphatic heterocycles. The van der Waals surface area contributed by atoms with Gasteiger partial charge in [0, 0.05) is 18.5 Å². The molecule has 0 aliphatic carbocycles. The molecule has 1 saturated heterocycles. The third-order valence-corrected chi connectivity index (χ3v) is 5.07. The van der Waals surface area contributed by atoms with Gasteiger partial charge in [0.1, 0.15) is 0 Å². The van der Waals surface area contributed by atoms with E-state index in [0.717, 1.165) is 34.8 Å². The van der Waals surface area contributed by atoms with E-state index in [-0.39, 0.29) is 5.41 Å². The lowest BCUT2D eigenvalue weighted by molar-refractivity contribution is 0.521. The molecule has 1 atom stereocenters. The summed E-state index contributed by atoms with van der Waals surface area (Å²) in [5.74, 6) is 0.844. The lowest BCUT2D eigenvalue weighted by Gasteiger charge is -2.18. The number of imidazole rings is 1. The highest BCUT2D eigenvalue weighted by molar-refractivity contribution is 7.20. The summed E-state index contributed by atoms with van der Waals surface area (Å²) in [6, 6.07) is 0. The van der Waals surface area contributed by atoms with Gasteiger partial charge in [-0.25, -0.2) is 9.50 Å². The Morgan fingerprint density at radius 3 is 2.75 bits per heavy atom. The quantitative estimate of drug-likeness (QED) is 0.803. The van der Waals surface area contributed by atoms with Crippen molar-refractivity contribution in [1.82, 2.24) is 14.6 Å². The molecule has 110 valence electrons. The Balaban J connectivity index is 1.84. The van der Waals surface area contributed by atoms with Crippen molar-refractivity contribution in [3.8, 4) is 0 Å². The summed E-state index contributed by atoms with van der Waals surface area (Å²) in [5.41, 5.74) is 1.21. The van der Waals surface area contributed by atoms with Crippen molar-refractivity contribution in [1.29, 1.82) is 0 Å². The molecule has 4 nitrogen and oxygen atoms in total. The molecule has 1 fully saturated rings. The Kier molecular flexibility index (Phi) is 3.48. The van der Waals surface area contributed by atoms with Gasteiger partial charge < -0.3 is 4.90 Å². The first-order valence-corrected chi connectivity index (χ1v) is 8.37. The molecule has 3 rings (SSSR count). The van der Waals surface area contributed by atoms with Crippen molar-refractivity contribution < 1.29 is 0 Å². The molecule has 2 aromatic heterocycles. The van der Waals surface area contributed by atoms with E-state index in [1.54, 1.807) is 11.3 Å². The molecule has 2 aromatic rings. The van der Waals surface area contributed by atoms with Gasteiger partial charge in [-0.3, -0.25) is 0 Å². The first kappa shape index (κ1) is 13.9. The van der Waals surface area contributed by atoms with Crippen LogP contribution in [0.5, 0.6) is 0 Å². The fraction of sp³-hybridized carbons (Fsp3) is 0.733. The lowest BCUT2D eigenvalue weighted by atomic mass is 9.93. The second-order valence-electron chi connectivity index (χ2n) is 7.01. The van der Waals surface area contributed by atoms with Crippen LogP contribution in [0.4, 0.5) is 5.13 Å². The van der Waals surface area contributed by atoms with Gasteiger partial charge in [0.2, 0.25) is 10.1 Å². The molecule has 0 spiro atoms. The number of nitrogens with zero attached hydrogens (tertiary/aromatic N) is 4. The number of anilines is 1. The minimum Gasteiger partial charge on any atom is -0.347 e. The Morgan fingerprint density at radius 1 is 1.25 bits per heavy atom. The average Bonchev–Trinajstić information content (AvgIpc) is 2.84. The molecule has 0 N–H and O–H groups in total. The Labute approximate surface area is 124 Å². The van der Waals surface area contributed by atoms with E-state index >= 15 is 0 Å². The van der Waals surface area contributed by atoms with Crippen molar-refractivity contribution in [3.05, 3.63) is 11.9 Å². The van der Waals surface area contributed by atoms with Crippen molar-refractivity contribution in [2.45, 2.75) is 52.4 Å². The van der Waals surface area contributed by atoms with Crippen molar-refractivity contribution in [2.24, 2.45) is 5.92 Å². The maximum absolute atomic E-state index is 4.74. The SMILES string of the molecule is CC1CCCN(c2nn3cc(C(C)(C)C)nc3s2)CC1. The highest BCUT2D eigenvalue weighted by Crippen LogP contribution is 2.29. The molecule has 20 heavy (non-hydrogen) atoms. The Hall–Kier alpha value is -1.10. The Bertz CT molecular complexity index is 561. The van der Waals surface area contributed by atoms with E-state index in [4.69, 9.17) is 10.1 Å². The van der Waals surface area contributed by atoms with Gasteiger partial charge in [0.15, 0.2) is 0 Å². The summed E-state index contributed by atoms with van der Waals surface area (Å²) in [6.45, 7) is 11.2. The maximum atomic E-state index is 4.74. The highest BCUT2D eigenvalue weighted by atomic mass is 32.1. The second kappa shape index (κ2) is 5.02. The molecule has 3 heterocycles. The van der Waals surface area contributed by atoms with E-state index < -0.39 is 0 Å². The molecule has 1 unspecified atom stereocenters. The van der Waals surface area contributed by atoms with E-state index in [0.29, 0.717) is 0 Å². The number of fused-ring (bicyclic) bond motifs is 1. The third-order valence-electron chi connectivity index (χ3n) is 4.09. The molecule has 0 amide bonds. The van der Waals surface area contributed by atoms with Crippen LogP contribution in [0.15, 0.2) is 6.20 Å². The zero-order valence-corrected chi connectivity index (χ0v) is 13.7. The molecule has 5 heteroatoms. The zero-order valence-electron chi connectivity index (χ0n) is 12.9. The van der Waals surface area contributed by atoms with Crippen LogP contribution in [0.3, 0.4) is 0 Å². The van der Waals surface area contributed by atoms with E-state index in [9.17, 15) is 0 Å². The van der Waals surface area contributed by atoms with Crippen molar-refractivity contribution in [3.63, 3.8) is 0 Å². The number of aromatic nitrogens is 3. The second-order valence-corrected chi connectivity index (χ2v) is 7.95. The van der Waals surface area contributed by atoms with Crippen molar-refractivity contribution in [2.75, 3.05) is 18.0 Å². The molecular weight excluding hydrogens is 268 g/mol. The van der Waals surface area contributed by atoms with E-state index in [2.05, 4.69) is 38.8 Å². The van der Waals surface area contributed by atoms with Crippen LogP contribution in [0.1, 0.15) is 52.7 Å². The predicted molar refractivity (Wildman–Crippen MR) is 84.8 cm³/mol. The van der Waals surface area contributed by atoms with Gasteiger partial charge in [-0.15, -0.1) is 5.10 Å². The monoisotopic (exact) mass is 292 g/mol. The van der Waals surface area contributed by atoms with Gasteiger partial charge in [-0.05, 0) is 25.2 Å². The van der Waals surface area contributed by atoms with E-state index in [1.165, 1.54) is 19.3 Å². The first-order chi connectivity index (χ1) is 9.43. The summed E-state index contributed by atoms with van der Waals surface area (Å²) >= 11 is 1.72. The minimum absolute atomic E-state index is 0.0889. The van der Waals surface area contributed by atoms with Gasteiger partial charge >= 0.3 is 0 Å². The lowest BCUT2D eigenvalue weighted by Crippen LogP contribution is -2.24. The highest BCUT2D eigenvalue weighted by Gasteiger charge is 2.21. The molecule has 0 aromatic carbocycles. The average molecular weight is 292 g/mol. The van der Waals surface area contributed by atoms with Gasteiger partial charge in [0.05, 0.1) is 11.9 Å². The fourth-order valence-corrected chi connectivity index (χ4v) is 3.57. The number of hydrogen-bond acceptors (Lipinski definition) is 4. The minimum atomic E-state index is 0.0889. The van der Waals surface area contributed by atoms with Crippen LogP contribution in [0, 0.1) is 5.92 Å². The number of hydrogen-bond donors (Lipinski definition) is 0. The number of rotatable bonds is 1. The van der Waals surface area contributed by atoms with Crippen LogP contribution in [0.2, 0.25) is 0 Å². The summed E-state index contributed by atoms with van der Waals surface area (Å²) < 4.78 is 1.95. The summed E-state index contributed by atoms with van der Waals surface area (Å²) in [4.78, 5) is 8.18. The summed E-state index contributed by atoms with van der Waals surface area (Å²) in [5, 5.41) is 5.86. The van der Waals surface area contributed by atoms with Gasteiger partial charge in [0.25, 0.3) is 0 Å². The molecule has 0 saturated carbocycles. The Morgan fingerprint density at radius 2 is 2.05 bits per heavy atom. The smallest absolute Gasteiger partial charge is 0.214 e. The molecule has 0 bridgehead atoms. The largest absolute Gasteiger partial charge is 0.347 e. The fourth-order valence-electron chi connectivity index (χ4n) is 2.63. The maximum Gasteiger partial charge on any atom is 0.214 e. The van der Waals surface area contributed by atoms with Crippen LogP contribution in [-0.2, 0) is 5.41 Å². The standard InChI is InChI=1S/C15H24N4S/c1-11-6-5-8-18(9-7-11)14-17-19-10-12(15(2,3)4)16-13(19)20-14/h10-11H,5-9H2,1-4H3.